The average molecular weight is 792 g/mol. The molecule has 0 bridgehead atoms. The number of carbonyl (C=O) groups is 1. The highest BCUT2D eigenvalue weighted by atomic mass is 16.3. The number of hydrogen-bond acceptors (Lipinski definition) is 5. The SMILES string of the molecule is CCCCCCCCCCC/C=C\C/C=C\CCCCCCCCCCCCCCC(O)C(=O)NC(CO)C(O)C(O)CCCCCCCCCCCCCC. The molecule has 0 rings (SSSR count). The Kier molecular flexibility index (Phi) is 43.9. The van der Waals surface area contributed by atoms with Crippen LogP contribution in [0.2, 0.25) is 0 Å². The lowest BCUT2D eigenvalue weighted by molar-refractivity contribution is -0.132. The van der Waals surface area contributed by atoms with E-state index < -0.39 is 36.9 Å². The van der Waals surface area contributed by atoms with Crippen molar-refractivity contribution in [1.29, 1.82) is 0 Å². The minimum atomic E-state index is -1.26. The third-order valence-corrected chi connectivity index (χ3v) is 11.7. The number of carbonyl (C=O) groups excluding carboxylic acids is 1. The van der Waals surface area contributed by atoms with Gasteiger partial charge in [-0.05, 0) is 44.9 Å². The van der Waals surface area contributed by atoms with Gasteiger partial charge < -0.3 is 25.7 Å². The van der Waals surface area contributed by atoms with Gasteiger partial charge >= 0.3 is 0 Å². The molecule has 332 valence electrons. The van der Waals surface area contributed by atoms with Crippen molar-refractivity contribution in [3.63, 3.8) is 0 Å². The van der Waals surface area contributed by atoms with Gasteiger partial charge in [0.25, 0.3) is 0 Å². The lowest BCUT2D eigenvalue weighted by Gasteiger charge is -2.27. The topological polar surface area (TPSA) is 110 Å². The number of rotatable bonds is 45. The van der Waals surface area contributed by atoms with Crippen molar-refractivity contribution < 1.29 is 25.2 Å². The first-order chi connectivity index (χ1) is 27.5. The molecule has 0 aromatic rings. The smallest absolute Gasteiger partial charge is 0.249 e. The van der Waals surface area contributed by atoms with Gasteiger partial charge in [-0.25, -0.2) is 0 Å². The summed E-state index contributed by atoms with van der Waals surface area (Å²) in [6.07, 6.45) is 52.3. The number of aliphatic hydroxyl groups excluding tert-OH is 4. The highest BCUT2D eigenvalue weighted by Crippen LogP contribution is 2.17. The molecular weight excluding hydrogens is 695 g/mol. The minimum Gasteiger partial charge on any atom is -0.394 e. The fourth-order valence-corrected chi connectivity index (χ4v) is 7.73. The van der Waals surface area contributed by atoms with Gasteiger partial charge in [-0.2, -0.15) is 0 Å². The number of allylic oxidation sites excluding steroid dienone is 4. The van der Waals surface area contributed by atoms with Crippen molar-refractivity contribution >= 4 is 5.91 Å². The predicted molar refractivity (Wildman–Crippen MR) is 242 cm³/mol. The molecular formula is C50H97NO5. The van der Waals surface area contributed by atoms with Crippen LogP contribution in [0, 0.1) is 0 Å². The highest BCUT2D eigenvalue weighted by Gasteiger charge is 2.28. The molecule has 0 spiro atoms. The van der Waals surface area contributed by atoms with Crippen LogP contribution < -0.4 is 5.32 Å². The van der Waals surface area contributed by atoms with E-state index in [1.807, 2.05) is 0 Å². The number of unbranched alkanes of at least 4 members (excludes halogenated alkanes) is 32. The summed E-state index contributed by atoms with van der Waals surface area (Å²) in [5.74, 6) is -0.584. The summed E-state index contributed by atoms with van der Waals surface area (Å²) < 4.78 is 0. The van der Waals surface area contributed by atoms with Gasteiger partial charge in [0.15, 0.2) is 0 Å². The molecule has 0 saturated heterocycles. The summed E-state index contributed by atoms with van der Waals surface area (Å²) in [6, 6.07) is -0.983. The number of hydrogen-bond donors (Lipinski definition) is 5. The molecule has 4 atom stereocenters. The Hall–Kier alpha value is -1.21. The predicted octanol–water partition coefficient (Wildman–Crippen LogP) is 13.5. The number of amides is 1. The Balaban J connectivity index is 3.63. The van der Waals surface area contributed by atoms with Crippen LogP contribution in [-0.4, -0.2) is 57.3 Å². The first-order valence-corrected chi connectivity index (χ1v) is 24.7. The van der Waals surface area contributed by atoms with E-state index in [2.05, 4.69) is 43.5 Å². The molecule has 0 aliphatic carbocycles. The zero-order valence-electron chi connectivity index (χ0n) is 37.4. The van der Waals surface area contributed by atoms with Crippen LogP contribution in [0.25, 0.3) is 0 Å². The lowest BCUT2D eigenvalue weighted by Crippen LogP contribution is -2.53. The summed E-state index contributed by atoms with van der Waals surface area (Å²) in [6.45, 7) is 4.05. The third kappa shape index (κ3) is 38.3. The normalized spacial score (nSPS) is 14.2. The molecule has 56 heavy (non-hydrogen) atoms. The first kappa shape index (κ1) is 54.8. The second kappa shape index (κ2) is 44.9. The summed E-state index contributed by atoms with van der Waals surface area (Å²) >= 11 is 0. The molecule has 0 aliphatic rings. The van der Waals surface area contributed by atoms with Crippen LogP contribution in [0.1, 0.15) is 258 Å². The summed E-state index contributed by atoms with van der Waals surface area (Å²) in [5, 5.41) is 43.7. The van der Waals surface area contributed by atoms with Gasteiger partial charge in [0.1, 0.15) is 12.2 Å². The van der Waals surface area contributed by atoms with Gasteiger partial charge in [0.2, 0.25) is 5.91 Å². The maximum absolute atomic E-state index is 12.5. The van der Waals surface area contributed by atoms with Crippen LogP contribution in [0.15, 0.2) is 24.3 Å². The lowest BCUT2D eigenvalue weighted by atomic mass is 9.99. The second-order valence-corrected chi connectivity index (χ2v) is 17.2. The Bertz CT molecular complexity index is 847. The zero-order valence-corrected chi connectivity index (χ0v) is 37.4. The van der Waals surface area contributed by atoms with Gasteiger partial charge in [-0.15, -0.1) is 0 Å². The van der Waals surface area contributed by atoms with Crippen LogP contribution in [0.5, 0.6) is 0 Å². The Morgan fingerprint density at radius 3 is 1.12 bits per heavy atom. The summed E-state index contributed by atoms with van der Waals surface area (Å²) in [5.41, 5.74) is 0. The molecule has 5 N–H and O–H groups in total. The fraction of sp³-hybridized carbons (Fsp3) is 0.900. The van der Waals surface area contributed by atoms with Crippen molar-refractivity contribution in [3.05, 3.63) is 24.3 Å². The van der Waals surface area contributed by atoms with Crippen molar-refractivity contribution in [1.82, 2.24) is 5.32 Å². The van der Waals surface area contributed by atoms with Gasteiger partial charge in [-0.3, -0.25) is 4.79 Å². The Labute approximate surface area is 348 Å². The summed E-state index contributed by atoms with van der Waals surface area (Å²) in [4.78, 5) is 12.5. The van der Waals surface area contributed by atoms with Gasteiger partial charge in [-0.1, -0.05) is 237 Å². The molecule has 0 aromatic heterocycles. The standard InChI is InChI=1S/C50H97NO5/c1-3-5-7-9-11-13-15-17-18-19-20-21-22-23-24-25-26-27-28-29-30-31-32-34-36-38-40-42-44-48(54)50(56)51-46(45-52)49(55)47(53)43-41-39-37-35-33-16-14-12-10-8-6-4-2/h20-21,23-24,46-49,52-55H,3-19,22,25-45H2,1-2H3,(H,51,56)/b21-20-,24-23-. The quantitative estimate of drug-likeness (QED) is 0.0312. The van der Waals surface area contributed by atoms with E-state index in [0.717, 1.165) is 44.9 Å². The molecule has 0 aliphatic heterocycles. The highest BCUT2D eigenvalue weighted by molar-refractivity contribution is 5.80. The van der Waals surface area contributed by atoms with E-state index in [9.17, 15) is 25.2 Å². The number of aliphatic hydroxyl groups is 4. The molecule has 0 heterocycles. The molecule has 1 amide bonds. The van der Waals surface area contributed by atoms with Crippen LogP contribution in [0.3, 0.4) is 0 Å². The first-order valence-electron chi connectivity index (χ1n) is 24.7. The Morgan fingerprint density at radius 2 is 0.768 bits per heavy atom. The maximum Gasteiger partial charge on any atom is 0.249 e. The second-order valence-electron chi connectivity index (χ2n) is 17.2. The van der Waals surface area contributed by atoms with E-state index in [-0.39, 0.29) is 0 Å². The van der Waals surface area contributed by atoms with E-state index in [1.54, 1.807) is 0 Å². The van der Waals surface area contributed by atoms with Crippen molar-refractivity contribution in [2.24, 2.45) is 0 Å². The molecule has 0 radical (unpaired) electrons. The molecule has 0 saturated carbocycles. The van der Waals surface area contributed by atoms with E-state index >= 15 is 0 Å². The largest absolute Gasteiger partial charge is 0.394 e. The van der Waals surface area contributed by atoms with E-state index in [1.165, 1.54) is 186 Å². The zero-order chi connectivity index (χ0) is 41.0. The van der Waals surface area contributed by atoms with Crippen molar-refractivity contribution in [2.75, 3.05) is 6.61 Å². The van der Waals surface area contributed by atoms with Crippen molar-refractivity contribution in [3.8, 4) is 0 Å². The van der Waals surface area contributed by atoms with Gasteiger partial charge in [0, 0.05) is 0 Å². The third-order valence-electron chi connectivity index (χ3n) is 11.7. The molecule has 0 aromatic carbocycles. The summed E-state index contributed by atoms with van der Waals surface area (Å²) in [7, 11) is 0. The van der Waals surface area contributed by atoms with Crippen LogP contribution >= 0.6 is 0 Å². The number of nitrogens with one attached hydrogen (secondary N) is 1. The Morgan fingerprint density at radius 1 is 0.446 bits per heavy atom. The molecule has 6 nitrogen and oxygen atoms in total. The monoisotopic (exact) mass is 792 g/mol. The van der Waals surface area contributed by atoms with Crippen LogP contribution in [0.4, 0.5) is 0 Å². The van der Waals surface area contributed by atoms with Gasteiger partial charge in [0.05, 0.1) is 18.8 Å². The minimum absolute atomic E-state index is 0.369. The van der Waals surface area contributed by atoms with E-state index in [4.69, 9.17) is 0 Å². The van der Waals surface area contributed by atoms with E-state index in [0.29, 0.717) is 12.8 Å². The van der Waals surface area contributed by atoms with Crippen LogP contribution in [-0.2, 0) is 4.79 Å². The maximum atomic E-state index is 12.5. The molecule has 6 heteroatoms. The fourth-order valence-electron chi connectivity index (χ4n) is 7.73. The van der Waals surface area contributed by atoms with Crippen molar-refractivity contribution in [2.45, 2.75) is 282 Å². The molecule has 4 unspecified atom stereocenters. The average Bonchev–Trinajstić information content (AvgIpc) is 3.20. The molecule has 0 fully saturated rings.